The topological polar surface area (TPSA) is 111 Å². The molecule has 3 N–H and O–H groups in total. The summed E-state index contributed by atoms with van der Waals surface area (Å²) in [4.78, 5) is 33.7. The van der Waals surface area contributed by atoms with Crippen molar-refractivity contribution in [1.82, 2.24) is 25.3 Å². The number of ether oxygens (including phenoxy) is 1. The van der Waals surface area contributed by atoms with Gasteiger partial charge in [0.1, 0.15) is 11.8 Å². The van der Waals surface area contributed by atoms with Crippen LogP contribution in [0.25, 0.3) is 11.2 Å². The number of piperidine rings is 1. The normalized spacial score (nSPS) is 15.9. The summed E-state index contributed by atoms with van der Waals surface area (Å²) in [6.45, 7) is 14.6. The molecule has 0 aliphatic carbocycles. The number of fused-ring (bicyclic) bond motifs is 1. The molecule has 2 amide bonds. The van der Waals surface area contributed by atoms with Crippen LogP contribution in [0, 0.1) is 6.92 Å². The highest BCUT2D eigenvalue weighted by atomic mass is 16.5. The summed E-state index contributed by atoms with van der Waals surface area (Å²) < 4.78 is 5.46. The van der Waals surface area contributed by atoms with Gasteiger partial charge in [0.25, 0.3) is 0 Å². The third-order valence-electron chi connectivity index (χ3n) is 6.01. The molecule has 0 atom stereocenters. The van der Waals surface area contributed by atoms with Crippen molar-refractivity contribution in [1.29, 1.82) is 0 Å². The molecule has 5 rings (SSSR count). The van der Waals surface area contributed by atoms with Gasteiger partial charge in [-0.1, -0.05) is 45.4 Å². The van der Waals surface area contributed by atoms with Crippen molar-refractivity contribution < 1.29 is 9.53 Å². The average Bonchev–Trinajstić information content (AvgIpc) is 3.38. The minimum Gasteiger partial charge on any atom is -0.378 e. The van der Waals surface area contributed by atoms with E-state index in [2.05, 4.69) is 35.4 Å². The predicted octanol–water partition coefficient (Wildman–Crippen LogP) is 4.34. The lowest BCUT2D eigenvalue weighted by Gasteiger charge is -2.32. The summed E-state index contributed by atoms with van der Waals surface area (Å²) in [5, 5.41) is 5.99. The Bertz CT molecular complexity index is 1070. The number of urea groups is 1. The summed E-state index contributed by atoms with van der Waals surface area (Å²) in [5.74, 6) is 1.68. The fourth-order valence-electron chi connectivity index (χ4n) is 4.19. The van der Waals surface area contributed by atoms with Gasteiger partial charge in [0.2, 0.25) is 5.95 Å². The molecular formula is C26H40N8O2. The Morgan fingerprint density at radius 2 is 1.64 bits per heavy atom. The lowest BCUT2D eigenvalue weighted by atomic mass is 10.1. The van der Waals surface area contributed by atoms with Crippen LogP contribution in [0.15, 0.2) is 30.6 Å². The van der Waals surface area contributed by atoms with E-state index in [4.69, 9.17) is 9.72 Å². The zero-order valence-electron chi connectivity index (χ0n) is 22.2. The Kier molecular flexibility index (Phi) is 10.3. The molecule has 10 heteroatoms. The van der Waals surface area contributed by atoms with Crippen LogP contribution in [0.4, 0.5) is 22.2 Å². The van der Waals surface area contributed by atoms with Crippen molar-refractivity contribution in [3.05, 3.63) is 36.2 Å². The molecule has 3 aromatic rings. The molecule has 0 saturated carbocycles. The monoisotopic (exact) mass is 496 g/mol. The van der Waals surface area contributed by atoms with E-state index in [1.165, 1.54) is 0 Å². The average molecular weight is 497 g/mol. The maximum absolute atomic E-state index is 12.3. The number of carbonyl (C=O) groups is 1. The van der Waals surface area contributed by atoms with Crippen molar-refractivity contribution in [3.63, 3.8) is 0 Å². The van der Waals surface area contributed by atoms with Crippen LogP contribution < -0.4 is 20.4 Å². The van der Waals surface area contributed by atoms with E-state index < -0.39 is 0 Å². The number of imidazole rings is 1. The van der Waals surface area contributed by atoms with E-state index >= 15 is 0 Å². The third-order valence-corrected chi connectivity index (χ3v) is 6.01. The zero-order valence-corrected chi connectivity index (χ0v) is 22.2. The molecule has 196 valence electrons. The number of carbonyl (C=O) groups excluding carboxylic acids is 1. The number of aromatic nitrogens is 4. The maximum atomic E-state index is 12.3. The first-order chi connectivity index (χ1) is 17.7. The highest BCUT2D eigenvalue weighted by Gasteiger charge is 2.24. The number of hydrogen-bond donors (Lipinski definition) is 3. The smallest absolute Gasteiger partial charge is 0.319 e. The second kappa shape index (κ2) is 13.6. The Labute approximate surface area is 213 Å². The minimum atomic E-state index is -0.165. The number of H-pyrrole nitrogens is 1. The van der Waals surface area contributed by atoms with Crippen LogP contribution in [-0.2, 0) is 4.74 Å². The molecule has 4 heterocycles. The van der Waals surface area contributed by atoms with Crippen LogP contribution in [0.2, 0.25) is 0 Å². The first-order valence-corrected chi connectivity index (χ1v) is 13.1. The van der Waals surface area contributed by atoms with E-state index in [1.807, 2.05) is 58.9 Å². The number of benzene rings is 1. The number of aryl methyl sites for hydroxylation is 1. The van der Waals surface area contributed by atoms with E-state index in [9.17, 15) is 4.79 Å². The quantitative estimate of drug-likeness (QED) is 0.493. The van der Waals surface area contributed by atoms with Crippen LogP contribution >= 0.6 is 0 Å². The first kappa shape index (κ1) is 27.2. The molecular weight excluding hydrogens is 456 g/mol. The van der Waals surface area contributed by atoms with Gasteiger partial charge in [-0.2, -0.15) is 4.98 Å². The second-order valence-corrected chi connectivity index (χ2v) is 8.28. The van der Waals surface area contributed by atoms with Gasteiger partial charge in [-0.25, -0.2) is 14.8 Å². The summed E-state index contributed by atoms with van der Waals surface area (Å²) in [6.07, 6.45) is 3.27. The standard InChI is InChI=1S/C22H28N8O2.2C2H6/c1-15-2-4-16(5-3-15)25-22(31)26-17-6-8-30(9-7-17)21-27-18-19(28-21)23-14-24-20(18)29-10-12-32-13-11-29;2*1-2/h2-5,14,17H,6-13H2,1H3,(H2,25,26,31)(H,23,24,27,28);2*1-2H3. The Balaban J connectivity index is 0.000000861. The van der Waals surface area contributed by atoms with Crippen molar-refractivity contribution >= 4 is 34.6 Å². The van der Waals surface area contributed by atoms with Gasteiger partial charge in [0.15, 0.2) is 11.5 Å². The fourth-order valence-corrected chi connectivity index (χ4v) is 4.19. The maximum Gasteiger partial charge on any atom is 0.319 e. The summed E-state index contributed by atoms with van der Waals surface area (Å²) >= 11 is 0. The second-order valence-electron chi connectivity index (χ2n) is 8.28. The minimum absolute atomic E-state index is 0.129. The van der Waals surface area contributed by atoms with Gasteiger partial charge in [0, 0.05) is 37.9 Å². The van der Waals surface area contributed by atoms with Gasteiger partial charge < -0.3 is 30.2 Å². The molecule has 2 fully saturated rings. The van der Waals surface area contributed by atoms with Crippen molar-refractivity contribution in [3.8, 4) is 0 Å². The molecule has 2 saturated heterocycles. The number of aromatic amines is 1. The third kappa shape index (κ3) is 6.84. The van der Waals surface area contributed by atoms with Crippen LogP contribution in [0.1, 0.15) is 46.1 Å². The van der Waals surface area contributed by atoms with E-state index in [1.54, 1.807) is 6.33 Å². The van der Waals surface area contributed by atoms with Crippen LogP contribution in [0.5, 0.6) is 0 Å². The highest BCUT2D eigenvalue weighted by molar-refractivity contribution is 5.89. The highest BCUT2D eigenvalue weighted by Crippen LogP contribution is 2.26. The number of amides is 2. The Morgan fingerprint density at radius 3 is 2.31 bits per heavy atom. The fraction of sp³-hybridized carbons (Fsp3) is 0.538. The molecule has 2 aliphatic heterocycles. The molecule has 0 unspecified atom stereocenters. The number of anilines is 3. The lowest BCUT2D eigenvalue weighted by molar-refractivity contribution is 0.122. The molecule has 2 aromatic heterocycles. The van der Waals surface area contributed by atoms with Crippen LogP contribution in [-0.4, -0.2) is 71.4 Å². The summed E-state index contributed by atoms with van der Waals surface area (Å²) in [6, 6.07) is 7.75. The first-order valence-electron chi connectivity index (χ1n) is 13.1. The van der Waals surface area contributed by atoms with E-state index in [-0.39, 0.29) is 12.1 Å². The van der Waals surface area contributed by atoms with Crippen molar-refractivity contribution in [2.75, 3.05) is 54.5 Å². The summed E-state index contributed by atoms with van der Waals surface area (Å²) in [7, 11) is 0. The Hall–Kier alpha value is -3.40. The van der Waals surface area contributed by atoms with Crippen LogP contribution in [0.3, 0.4) is 0 Å². The van der Waals surface area contributed by atoms with E-state index in [0.29, 0.717) is 18.9 Å². The van der Waals surface area contributed by atoms with Gasteiger partial charge in [-0.05, 0) is 31.9 Å². The molecule has 1 aromatic carbocycles. The van der Waals surface area contributed by atoms with Gasteiger partial charge in [0.05, 0.1) is 13.2 Å². The van der Waals surface area contributed by atoms with Crippen molar-refractivity contribution in [2.45, 2.75) is 53.5 Å². The van der Waals surface area contributed by atoms with Gasteiger partial charge in [-0.15, -0.1) is 0 Å². The molecule has 0 bridgehead atoms. The number of nitrogens with one attached hydrogen (secondary N) is 3. The number of hydrogen-bond acceptors (Lipinski definition) is 7. The molecule has 2 aliphatic rings. The molecule has 0 radical (unpaired) electrons. The Morgan fingerprint density at radius 1 is 0.972 bits per heavy atom. The largest absolute Gasteiger partial charge is 0.378 e. The molecule has 10 nitrogen and oxygen atoms in total. The lowest BCUT2D eigenvalue weighted by Crippen LogP contribution is -2.46. The predicted molar refractivity (Wildman–Crippen MR) is 146 cm³/mol. The molecule has 36 heavy (non-hydrogen) atoms. The molecule has 0 spiro atoms. The van der Waals surface area contributed by atoms with Gasteiger partial charge >= 0.3 is 6.03 Å². The SMILES string of the molecule is CC.CC.Cc1ccc(NC(=O)NC2CCN(c3nc4ncnc(N5CCOCC5)c4[nH]3)CC2)cc1. The number of morpholine rings is 1. The van der Waals surface area contributed by atoms with Crippen molar-refractivity contribution in [2.24, 2.45) is 0 Å². The summed E-state index contributed by atoms with van der Waals surface area (Å²) in [5.41, 5.74) is 3.50. The number of nitrogens with zero attached hydrogens (tertiary/aromatic N) is 5. The van der Waals surface area contributed by atoms with E-state index in [0.717, 1.165) is 67.6 Å². The zero-order chi connectivity index (χ0) is 25.9. The number of rotatable bonds is 4. The van der Waals surface area contributed by atoms with Gasteiger partial charge in [-0.3, -0.25) is 0 Å².